The highest BCUT2D eigenvalue weighted by atomic mass is 16.2. The molecule has 1 unspecified atom stereocenters. The molecule has 1 aliphatic rings. The summed E-state index contributed by atoms with van der Waals surface area (Å²) in [4.78, 5) is 31.5. The summed E-state index contributed by atoms with van der Waals surface area (Å²) in [7, 11) is 3.95. The molecule has 1 fully saturated rings. The van der Waals surface area contributed by atoms with Crippen molar-refractivity contribution in [2.75, 3.05) is 45.2 Å². The molecule has 0 N–H and O–H groups in total. The van der Waals surface area contributed by atoms with Crippen LogP contribution in [0.15, 0.2) is 36.8 Å². The van der Waals surface area contributed by atoms with Gasteiger partial charge in [0.05, 0.1) is 5.69 Å². The van der Waals surface area contributed by atoms with Gasteiger partial charge in [0.1, 0.15) is 12.1 Å². The summed E-state index contributed by atoms with van der Waals surface area (Å²) in [6.45, 7) is 5.75. The Morgan fingerprint density at radius 2 is 2.00 bits per heavy atom. The van der Waals surface area contributed by atoms with Gasteiger partial charge in [-0.15, -0.1) is 0 Å². The van der Waals surface area contributed by atoms with Crippen molar-refractivity contribution in [1.82, 2.24) is 24.8 Å². The van der Waals surface area contributed by atoms with Crippen LogP contribution in [-0.4, -0.2) is 70.9 Å². The van der Waals surface area contributed by atoms with Crippen LogP contribution in [-0.2, 0) is 17.8 Å². The molecule has 2 aromatic rings. The molecule has 0 bridgehead atoms. The highest BCUT2D eigenvalue weighted by molar-refractivity contribution is 5.73. The first-order chi connectivity index (χ1) is 13.0. The maximum Gasteiger partial charge on any atom is 0.219 e. The van der Waals surface area contributed by atoms with Crippen molar-refractivity contribution in [2.45, 2.75) is 19.9 Å². The van der Waals surface area contributed by atoms with E-state index < -0.39 is 0 Å². The van der Waals surface area contributed by atoms with Crippen LogP contribution >= 0.6 is 0 Å². The minimum Gasteiger partial charge on any atom is -0.363 e. The summed E-state index contributed by atoms with van der Waals surface area (Å²) in [5.41, 5.74) is 2.08. The van der Waals surface area contributed by atoms with Gasteiger partial charge in [-0.2, -0.15) is 0 Å². The van der Waals surface area contributed by atoms with Crippen molar-refractivity contribution in [3.8, 4) is 0 Å². The number of carbonyl (C=O) groups is 1. The number of hydrogen-bond acceptors (Lipinski definition) is 6. The lowest BCUT2D eigenvalue weighted by molar-refractivity contribution is -0.129. The van der Waals surface area contributed by atoms with Gasteiger partial charge in [-0.1, -0.05) is 6.07 Å². The number of carbonyl (C=O) groups excluding carboxylic acids is 1. The average molecular weight is 368 g/mol. The molecule has 27 heavy (non-hydrogen) atoms. The molecular weight excluding hydrogens is 340 g/mol. The van der Waals surface area contributed by atoms with E-state index in [4.69, 9.17) is 0 Å². The third kappa shape index (κ3) is 5.47. The molecule has 0 spiro atoms. The number of pyridine rings is 1. The van der Waals surface area contributed by atoms with Gasteiger partial charge < -0.3 is 9.80 Å². The largest absolute Gasteiger partial charge is 0.363 e. The second-order valence-corrected chi connectivity index (χ2v) is 7.35. The molecule has 1 aliphatic heterocycles. The minimum absolute atomic E-state index is 0.136. The minimum atomic E-state index is 0.136. The van der Waals surface area contributed by atoms with E-state index in [-0.39, 0.29) is 5.91 Å². The zero-order valence-corrected chi connectivity index (χ0v) is 16.4. The lowest BCUT2D eigenvalue weighted by Gasteiger charge is -2.24. The topological polar surface area (TPSA) is 65.5 Å². The summed E-state index contributed by atoms with van der Waals surface area (Å²) in [5, 5.41) is 0. The highest BCUT2D eigenvalue weighted by Gasteiger charge is 2.25. The Morgan fingerprint density at radius 3 is 2.70 bits per heavy atom. The van der Waals surface area contributed by atoms with Crippen LogP contribution in [0.5, 0.6) is 0 Å². The van der Waals surface area contributed by atoms with Crippen molar-refractivity contribution >= 4 is 11.7 Å². The van der Waals surface area contributed by atoms with E-state index in [1.54, 1.807) is 13.3 Å². The Hall–Kier alpha value is -2.54. The van der Waals surface area contributed by atoms with E-state index in [1.165, 1.54) is 0 Å². The van der Waals surface area contributed by atoms with Crippen LogP contribution in [0.4, 0.5) is 5.82 Å². The lowest BCUT2D eigenvalue weighted by atomic mass is 10.0. The van der Waals surface area contributed by atoms with Crippen LogP contribution in [0.1, 0.15) is 18.3 Å². The Labute approximate surface area is 161 Å². The molecule has 2 aromatic heterocycles. The van der Waals surface area contributed by atoms with Gasteiger partial charge in [0.25, 0.3) is 0 Å². The molecule has 7 heteroatoms. The Balaban J connectivity index is 1.74. The zero-order chi connectivity index (χ0) is 19.2. The second-order valence-electron chi connectivity index (χ2n) is 7.35. The standard InChI is InChI=1S/C20H28N6O/c1-16(27)26-9-8-25(14-18-6-4-5-7-21-18)12-17(13-26)10-19-11-20(24(2)3)23-15-22-19/h4-7,11,15,17H,8-10,12-14H2,1-3H3. The fourth-order valence-electron chi connectivity index (χ4n) is 3.50. The molecule has 0 aliphatic carbocycles. The SMILES string of the molecule is CC(=O)N1CCN(Cc2ccccn2)CC(Cc2cc(N(C)C)ncn2)C1. The summed E-state index contributed by atoms with van der Waals surface area (Å²) < 4.78 is 0. The van der Waals surface area contributed by atoms with Gasteiger partial charge >= 0.3 is 0 Å². The molecule has 0 saturated carbocycles. The van der Waals surface area contributed by atoms with E-state index in [0.717, 1.165) is 56.4 Å². The maximum atomic E-state index is 12.0. The summed E-state index contributed by atoms with van der Waals surface area (Å²) in [6.07, 6.45) is 4.28. The molecule has 7 nitrogen and oxygen atoms in total. The Kier molecular flexibility index (Phi) is 6.34. The van der Waals surface area contributed by atoms with E-state index >= 15 is 0 Å². The maximum absolute atomic E-state index is 12.0. The molecule has 144 valence electrons. The van der Waals surface area contributed by atoms with Gasteiger partial charge in [-0.25, -0.2) is 9.97 Å². The van der Waals surface area contributed by atoms with Crippen molar-refractivity contribution in [3.63, 3.8) is 0 Å². The fraction of sp³-hybridized carbons (Fsp3) is 0.500. The van der Waals surface area contributed by atoms with Gasteiger partial charge in [0, 0.05) is 71.7 Å². The summed E-state index contributed by atoms with van der Waals surface area (Å²) in [6, 6.07) is 8.04. The van der Waals surface area contributed by atoms with Crippen molar-refractivity contribution in [2.24, 2.45) is 5.92 Å². The van der Waals surface area contributed by atoms with Crippen LogP contribution in [0.2, 0.25) is 0 Å². The Bertz CT molecular complexity index is 751. The highest BCUT2D eigenvalue weighted by Crippen LogP contribution is 2.18. The smallest absolute Gasteiger partial charge is 0.219 e. The first-order valence-electron chi connectivity index (χ1n) is 9.37. The molecule has 0 aromatic carbocycles. The fourth-order valence-corrected chi connectivity index (χ4v) is 3.50. The van der Waals surface area contributed by atoms with Crippen LogP contribution in [0.3, 0.4) is 0 Å². The van der Waals surface area contributed by atoms with E-state index in [0.29, 0.717) is 5.92 Å². The molecule has 0 radical (unpaired) electrons. The third-order valence-electron chi connectivity index (χ3n) is 4.90. The van der Waals surface area contributed by atoms with Gasteiger partial charge in [-0.05, 0) is 24.5 Å². The van der Waals surface area contributed by atoms with E-state index in [9.17, 15) is 4.79 Å². The molecule has 3 heterocycles. The summed E-state index contributed by atoms with van der Waals surface area (Å²) >= 11 is 0. The number of aromatic nitrogens is 3. The van der Waals surface area contributed by atoms with Gasteiger partial charge in [0.15, 0.2) is 0 Å². The predicted octanol–water partition coefficient (Wildman–Crippen LogP) is 1.46. The van der Waals surface area contributed by atoms with Crippen molar-refractivity contribution < 1.29 is 4.79 Å². The molecule has 3 rings (SSSR count). The molecule has 1 saturated heterocycles. The number of anilines is 1. The van der Waals surface area contributed by atoms with Gasteiger partial charge in [-0.3, -0.25) is 14.7 Å². The molecule has 1 amide bonds. The number of hydrogen-bond donors (Lipinski definition) is 0. The zero-order valence-electron chi connectivity index (χ0n) is 16.4. The first kappa shape index (κ1) is 19.2. The Morgan fingerprint density at radius 1 is 1.15 bits per heavy atom. The summed E-state index contributed by atoms with van der Waals surface area (Å²) in [5.74, 6) is 1.36. The van der Waals surface area contributed by atoms with Crippen LogP contribution in [0.25, 0.3) is 0 Å². The number of rotatable bonds is 5. The quantitative estimate of drug-likeness (QED) is 0.796. The van der Waals surface area contributed by atoms with Crippen molar-refractivity contribution in [1.29, 1.82) is 0 Å². The predicted molar refractivity (Wildman–Crippen MR) is 105 cm³/mol. The van der Waals surface area contributed by atoms with Crippen molar-refractivity contribution in [3.05, 3.63) is 48.2 Å². The van der Waals surface area contributed by atoms with E-state index in [1.807, 2.05) is 48.3 Å². The normalized spacial score (nSPS) is 18.2. The molecular formula is C20H28N6O. The monoisotopic (exact) mass is 368 g/mol. The number of nitrogens with zero attached hydrogens (tertiary/aromatic N) is 6. The van der Waals surface area contributed by atoms with Crippen LogP contribution < -0.4 is 4.90 Å². The third-order valence-corrected chi connectivity index (χ3v) is 4.90. The second kappa shape index (κ2) is 8.90. The van der Waals surface area contributed by atoms with Gasteiger partial charge in [0.2, 0.25) is 5.91 Å². The first-order valence-corrected chi connectivity index (χ1v) is 9.37. The number of amides is 1. The van der Waals surface area contributed by atoms with Crippen LogP contribution in [0, 0.1) is 5.92 Å². The lowest BCUT2D eigenvalue weighted by Crippen LogP contribution is -2.34. The van der Waals surface area contributed by atoms with E-state index in [2.05, 4.69) is 25.9 Å². The average Bonchev–Trinajstić information content (AvgIpc) is 2.85. The molecule has 1 atom stereocenters.